The molecule has 1 aliphatic heterocycles. The molecule has 1 aromatic heterocycles. The number of nitrogen functional groups attached to an aromatic ring is 1. The fourth-order valence-corrected chi connectivity index (χ4v) is 2.84. The van der Waals surface area contributed by atoms with Crippen LogP contribution in [0.2, 0.25) is 0 Å². The largest absolute Gasteiger partial charge is 0.398 e. The molecule has 0 aliphatic carbocycles. The minimum atomic E-state index is 0.858. The van der Waals surface area contributed by atoms with Crippen molar-refractivity contribution in [3.8, 4) is 0 Å². The summed E-state index contributed by atoms with van der Waals surface area (Å²) in [6, 6.07) is 6.21. The maximum atomic E-state index is 6.09. The normalized spacial score (nSPS) is 14.5. The van der Waals surface area contributed by atoms with Crippen molar-refractivity contribution in [1.82, 2.24) is 9.55 Å². The first-order valence-electron chi connectivity index (χ1n) is 6.92. The van der Waals surface area contributed by atoms with E-state index < -0.39 is 0 Å². The van der Waals surface area contributed by atoms with Crippen molar-refractivity contribution in [1.29, 1.82) is 0 Å². The highest BCUT2D eigenvalue weighted by molar-refractivity contribution is 5.66. The van der Waals surface area contributed by atoms with E-state index in [4.69, 9.17) is 5.73 Å². The number of aromatic nitrogens is 2. The molecule has 0 fully saturated rings. The van der Waals surface area contributed by atoms with Gasteiger partial charge in [0, 0.05) is 36.9 Å². The number of nitrogens with zero attached hydrogens (tertiary/aromatic N) is 3. The Morgan fingerprint density at radius 2 is 2.26 bits per heavy atom. The standard InChI is InChI=1S/C15H20N4/c1-2-18-10-8-17-15(18)11-19-9-4-5-12-13(16)6-3-7-14(12)19/h3,6-8,10H,2,4-5,9,11,16H2,1H3. The molecule has 0 unspecified atom stereocenters. The first kappa shape index (κ1) is 12.1. The molecule has 0 atom stereocenters. The van der Waals surface area contributed by atoms with Crippen LogP contribution in [0, 0.1) is 0 Å². The third-order valence-corrected chi connectivity index (χ3v) is 3.86. The summed E-state index contributed by atoms with van der Waals surface area (Å²) in [4.78, 5) is 6.86. The van der Waals surface area contributed by atoms with E-state index in [2.05, 4.69) is 27.4 Å². The first-order valence-corrected chi connectivity index (χ1v) is 6.92. The molecule has 3 rings (SSSR count). The molecule has 0 bridgehead atoms. The lowest BCUT2D eigenvalue weighted by molar-refractivity contribution is 0.634. The molecule has 2 aromatic rings. The first-order chi connectivity index (χ1) is 9.29. The van der Waals surface area contributed by atoms with Gasteiger partial charge in [0.25, 0.3) is 0 Å². The maximum absolute atomic E-state index is 6.09. The monoisotopic (exact) mass is 256 g/mol. The van der Waals surface area contributed by atoms with Gasteiger partial charge in [-0.1, -0.05) is 6.07 Å². The molecular formula is C15H20N4. The molecular weight excluding hydrogens is 236 g/mol. The highest BCUT2D eigenvalue weighted by atomic mass is 15.2. The maximum Gasteiger partial charge on any atom is 0.128 e. The third-order valence-electron chi connectivity index (χ3n) is 3.86. The average Bonchev–Trinajstić information content (AvgIpc) is 2.87. The molecule has 2 N–H and O–H groups in total. The molecule has 4 nitrogen and oxygen atoms in total. The summed E-state index contributed by atoms with van der Waals surface area (Å²) in [5.41, 5.74) is 9.57. The quantitative estimate of drug-likeness (QED) is 0.858. The van der Waals surface area contributed by atoms with Crippen molar-refractivity contribution in [2.24, 2.45) is 0 Å². The van der Waals surface area contributed by atoms with Crippen LogP contribution in [-0.2, 0) is 19.5 Å². The van der Waals surface area contributed by atoms with Gasteiger partial charge in [-0.15, -0.1) is 0 Å². The SMILES string of the molecule is CCn1ccnc1CN1CCCc2c(N)cccc21. The van der Waals surface area contributed by atoms with E-state index >= 15 is 0 Å². The van der Waals surface area contributed by atoms with E-state index in [1.807, 2.05) is 24.5 Å². The topological polar surface area (TPSA) is 47.1 Å². The summed E-state index contributed by atoms with van der Waals surface area (Å²) in [6.45, 7) is 5.05. The number of benzene rings is 1. The molecule has 0 saturated carbocycles. The van der Waals surface area contributed by atoms with Crippen LogP contribution in [0.4, 0.5) is 11.4 Å². The van der Waals surface area contributed by atoms with Crippen LogP contribution in [0.15, 0.2) is 30.6 Å². The smallest absolute Gasteiger partial charge is 0.128 e. The Morgan fingerprint density at radius 1 is 1.37 bits per heavy atom. The highest BCUT2D eigenvalue weighted by Crippen LogP contribution is 2.31. The summed E-state index contributed by atoms with van der Waals surface area (Å²) in [6.07, 6.45) is 6.16. The van der Waals surface area contributed by atoms with Gasteiger partial charge >= 0.3 is 0 Å². The van der Waals surface area contributed by atoms with E-state index in [-0.39, 0.29) is 0 Å². The van der Waals surface area contributed by atoms with Gasteiger partial charge in [0.2, 0.25) is 0 Å². The third kappa shape index (κ3) is 2.18. The minimum absolute atomic E-state index is 0.858. The molecule has 1 aliphatic rings. The molecule has 4 heteroatoms. The summed E-state index contributed by atoms with van der Waals surface area (Å²) >= 11 is 0. The summed E-state index contributed by atoms with van der Waals surface area (Å²) in [5, 5.41) is 0. The van der Waals surface area contributed by atoms with Crippen LogP contribution in [0.5, 0.6) is 0 Å². The molecule has 2 heterocycles. The van der Waals surface area contributed by atoms with Crippen LogP contribution >= 0.6 is 0 Å². The van der Waals surface area contributed by atoms with Gasteiger partial charge in [0.1, 0.15) is 5.82 Å². The van der Waals surface area contributed by atoms with E-state index in [1.54, 1.807) is 0 Å². The van der Waals surface area contributed by atoms with Crippen molar-refractivity contribution in [3.63, 3.8) is 0 Å². The summed E-state index contributed by atoms with van der Waals surface area (Å²) in [5.74, 6) is 1.12. The summed E-state index contributed by atoms with van der Waals surface area (Å²) in [7, 11) is 0. The van der Waals surface area contributed by atoms with Gasteiger partial charge in [-0.3, -0.25) is 0 Å². The van der Waals surface area contributed by atoms with E-state index in [1.165, 1.54) is 11.3 Å². The molecule has 1 aromatic carbocycles. The molecule has 0 saturated heterocycles. The zero-order valence-electron chi connectivity index (χ0n) is 11.3. The predicted molar refractivity (Wildman–Crippen MR) is 78.1 cm³/mol. The fourth-order valence-electron chi connectivity index (χ4n) is 2.84. The van der Waals surface area contributed by atoms with Crippen molar-refractivity contribution in [3.05, 3.63) is 42.0 Å². The Kier molecular flexibility index (Phi) is 3.15. The van der Waals surface area contributed by atoms with Crippen molar-refractivity contribution in [2.45, 2.75) is 32.9 Å². The number of imidazole rings is 1. The number of nitrogens with two attached hydrogens (primary N) is 1. The van der Waals surface area contributed by atoms with Crippen LogP contribution in [0.1, 0.15) is 24.7 Å². The van der Waals surface area contributed by atoms with Gasteiger partial charge in [-0.05, 0) is 37.5 Å². The second-order valence-electron chi connectivity index (χ2n) is 5.00. The Morgan fingerprint density at radius 3 is 3.11 bits per heavy atom. The van der Waals surface area contributed by atoms with E-state index in [0.29, 0.717) is 0 Å². The molecule has 100 valence electrons. The van der Waals surface area contributed by atoms with Gasteiger partial charge in [-0.2, -0.15) is 0 Å². The fraction of sp³-hybridized carbons (Fsp3) is 0.400. The summed E-state index contributed by atoms with van der Waals surface area (Å²) < 4.78 is 2.20. The molecule has 0 radical (unpaired) electrons. The predicted octanol–water partition coefficient (Wildman–Crippen LogP) is 2.44. The number of rotatable bonds is 3. The second kappa shape index (κ2) is 4.96. The van der Waals surface area contributed by atoms with Crippen LogP contribution in [0.25, 0.3) is 0 Å². The lowest BCUT2D eigenvalue weighted by atomic mass is 10.00. The van der Waals surface area contributed by atoms with Gasteiger partial charge in [-0.25, -0.2) is 4.98 Å². The molecule has 0 spiro atoms. The van der Waals surface area contributed by atoms with Gasteiger partial charge < -0.3 is 15.2 Å². The number of fused-ring (bicyclic) bond motifs is 1. The average molecular weight is 256 g/mol. The minimum Gasteiger partial charge on any atom is -0.398 e. The van der Waals surface area contributed by atoms with Gasteiger partial charge in [0.05, 0.1) is 6.54 Å². The van der Waals surface area contributed by atoms with Crippen molar-refractivity contribution >= 4 is 11.4 Å². The Labute approximate surface area is 113 Å². The lowest BCUT2D eigenvalue weighted by Gasteiger charge is -2.31. The lowest BCUT2D eigenvalue weighted by Crippen LogP contribution is -2.30. The van der Waals surface area contributed by atoms with Crippen molar-refractivity contribution < 1.29 is 0 Å². The van der Waals surface area contributed by atoms with Crippen LogP contribution in [0.3, 0.4) is 0 Å². The Balaban J connectivity index is 1.90. The Bertz CT molecular complexity index is 573. The van der Waals surface area contributed by atoms with Crippen molar-refractivity contribution in [2.75, 3.05) is 17.2 Å². The number of hydrogen-bond acceptors (Lipinski definition) is 3. The Hall–Kier alpha value is -1.97. The second-order valence-corrected chi connectivity index (χ2v) is 5.00. The highest BCUT2D eigenvalue weighted by Gasteiger charge is 2.19. The zero-order chi connectivity index (χ0) is 13.2. The number of hydrogen-bond donors (Lipinski definition) is 1. The van der Waals surface area contributed by atoms with Crippen LogP contribution in [-0.4, -0.2) is 16.1 Å². The molecule has 0 amide bonds. The number of anilines is 2. The van der Waals surface area contributed by atoms with E-state index in [0.717, 1.165) is 44.0 Å². The number of aryl methyl sites for hydroxylation is 1. The van der Waals surface area contributed by atoms with Gasteiger partial charge in [0.15, 0.2) is 0 Å². The zero-order valence-corrected chi connectivity index (χ0v) is 11.3. The van der Waals surface area contributed by atoms with Crippen LogP contribution < -0.4 is 10.6 Å². The van der Waals surface area contributed by atoms with E-state index in [9.17, 15) is 0 Å². The molecule has 19 heavy (non-hydrogen) atoms.